The van der Waals surface area contributed by atoms with E-state index in [1.807, 2.05) is 0 Å². The molecule has 0 aromatic heterocycles. The highest BCUT2D eigenvalue weighted by atomic mass is 19.1. The average molecular weight is 563 g/mol. The number of unbranched alkanes of at least 4 members (excludes halogenated alkanes) is 4. The smallest absolute Gasteiger partial charge is 0.340 e. The van der Waals surface area contributed by atoms with Gasteiger partial charge in [-0.3, -0.25) is 0 Å². The maximum atomic E-state index is 14.1. The van der Waals surface area contributed by atoms with Crippen LogP contribution in [0.15, 0.2) is 24.3 Å². The molecule has 2 saturated carbocycles. The van der Waals surface area contributed by atoms with Crippen LogP contribution in [0.2, 0.25) is 0 Å². The highest BCUT2D eigenvalue weighted by Crippen LogP contribution is 2.35. The minimum absolute atomic E-state index is 0.129. The van der Waals surface area contributed by atoms with Crippen LogP contribution < -0.4 is 0 Å². The van der Waals surface area contributed by atoms with Gasteiger partial charge in [0, 0.05) is 0 Å². The first-order chi connectivity index (χ1) is 19.4. The van der Waals surface area contributed by atoms with Crippen molar-refractivity contribution in [3.63, 3.8) is 0 Å². The van der Waals surface area contributed by atoms with Crippen LogP contribution >= 0.6 is 0 Å². The fraction of sp³-hybridized carbons (Fsp3) is 0.765. The number of esters is 2. The van der Waals surface area contributed by atoms with Crippen molar-refractivity contribution in [1.29, 1.82) is 0 Å². The van der Waals surface area contributed by atoms with Gasteiger partial charge in [0.15, 0.2) is 12.3 Å². The lowest BCUT2D eigenvalue weighted by Gasteiger charge is -2.29. The molecule has 0 unspecified atom stereocenters. The molecule has 4 nitrogen and oxygen atoms in total. The van der Waals surface area contributed by atoms with Crippen molar-refractivity contribution in [1.82, 2.24) is 0 Å². The van der Waals surface area contributed by atoms with Gasteiger partial charge in [0.2, 0.25) is 0 Å². The molecule has 2 aliphatic rings. The van der Waals surface area contributed by atoms with Crippen molar-refractivity contribution < 1.29 is 27.8 Å². The number of halogens is 2. The number of ether oxygens (including phenoxy) is 2. The molecule has 0 saturated heterocycles. The molecule has 1 aromatic rings. The van der Waals surface area contributed by atoms with E-state index in [1.165, 1.54) is 11.1 Å². The summed E-state index contributed by atoms with van der Waals surface area (Å²) in [4.78, 5) is 24.1. The first-order valence-electron chi connectivity index (χ1n) is 16.2. The van der Waals surface area contributed by atoms with E-state index in [0.29, 0.717) is 11.8 Å². The Morgan fingerprint density at radius 1 is 0.725 bits per heavy atom. The highest BCUT2D eigenvalue weighted by Gasteiger charge is 2.29. The van der Waals surface area contributed by atoms with Crippen LogP contribution in [0.3, 0.4) is 0 Å². The first-order valence-corrected chi connectivity index (χ1v) is 16.2. The summed E-state index contributed by atoms with van der Waals surface area (Å²) in [6, 6.07) is 8.95. The zero-order chi connectivity index (χ0) is 28.7. The largest absolute Gasteiger partial charge is 0.460 e. The van der Waals surface area contributed by atoms with Gasteiger partial charge in [-0.1, -0.05) is 63.8 Å². The van der Waals surface area contributed by atoms with Crippen molar-refractivity contribution in [2.24, 2.45) is 5.92 Å². The molecule has 0 amide bonds. The number of hydrogen-bond donors (Lipinski definition) is 0. The summed E-state index contributed by atoms with van der Waals surface area (Å²) >= 11 is 0. The molecule has 0 spiro atoms. The van der Waals surface area contributed by atoms with Gasteiger partial charge >= 0.3 is 11.9 Å². The van der Waals surface area contributed by atoms with Crippen LogP contribution in [0.5, 0.6) is 0 Å². The molecule has 3 rings (SSSR count). The van der Waals surface area contributed by atoms with Crippen molar-refractivity contribution in [2.45, 2.75) is 160 Å². The number of alkyl halides is 2. The third-order valence-corrected chi connectivity index (χ3v) is 8.96. The lowest BCUT2D eigenvalue weighted by Crippen LogP contribution is -2.29. The lowest BCUT2D eigenvalue weighted by molar-refractivity contribution is -0.158. The molecule has 0 radical (unpaired) electrons. The van der Waals surface area contributed by atoms with Crippen LogP contribution in [0.4, 0.5) is 8.78 Å². The third-order valence-electron chi connectivity index (χ3n) is 8.96. The topological polar surface area (TPSA) is 52.6 Å². The summed E-state index contributed by atoms with van der Waals surface area (Å²) < 4.78 is 39.0. The van der Waals surface area contributed by atoms with Crippen molar-refractivity contribution in [2.75, 3.05) is 0 Å². The second kappa shape index (κ2) is 17.7. The number of rotatable bonds is 16. The Morgan fingerprint density at radius 2 is 1.20 bits per heavy atom. The number of aryl methyl sites for hydroxylation is 1. The number of carbonyl (C=O) groups is 2. The second-order valence-corrected chi connectivity index (χ2v) is 12.2. The van der Waals surface area contributed by atoms with E-state index >= 15 is 0 Å². The van der Waals surface area contributed by atoms with E-state index in [2.05, 4.69) is 38.1 Å². The average Bonchev–Trinajstić information content (AvgIpc) is 2.97. The van der Waals surface area contributed by atoms with Crippen molar-refractivity contribution >= 4 is 11.9 Å². The van der Waals surface area contributed by atoms with Gasteiger partial charge in [0.1, 0.15) is 12.2 Å². The summed E-state index contributed by atoms with van der Waals surface area (Å²) in [5, 5.41) is 0. The Morgan fingerprint density at radius 3 is 1.68 bits per heavy atom. The molecule has 40 heavy (non-hydrogen) atoms. The zero-order valence-corrected chi connectivity index (χ0v) is 24.9. The number of hydrogen-bond acceptors (Lipinski definition) is 4. The molecular weight excluding hydrogens is 510 g/mol. The number of carbonyl (C=O) groups excluding carboxylic acids is 2. The Kier molecular flexibility index (Phi) is 14.4. The molecule has 1 aromatic carbocycles. The first kappa shape index (κ1) is 32.5. The Labute approximate surface area is 241 Å². The van der Waals surface area contributed by atoms with E-state index in [0.717, 1.165) is 103 Å². The van der Waals surface area contributed by atoms with Crippen molar-refractivity contribution in [3.05, 3.63) is 35.4 Å². The fourth-order valence-electron chi connectivity index (χ4n) is 6.24. The number of benzene rings is 1. The van der Waals surface area contributed by atoms with Crippen LogP contribution in [0.25, 0.3) is 0 Å². The molecule has 0 aliphatic heterocycles. The van der Waals surface area contributed by atoms with Gasteiger partial charge in [-0.2, -0.15) is 0 Å². The van der Waals surface area contributed by atoms with E-state index in [9.17, 15) is 18.4 Å². The predicted molar refractivity (Wildman–Crippen MR) is 156 cm³/mol. The maximum absolute atomic E-state index is 14.1. The summed E-state index contributed by atoms with van der Waals surface area (Å²) in [6.45, 7) is 4.13. The van der Waals surface area contributed by atoms with Gasteiger partial charge in [-0.25, -0.2) is 18.4 Å². The van der Waals surface area contributed by atoms with Crippen LogP contribution in [-0.2, 0) is 25.5 Å². The lowest BCUT2D eigenvalue weighted by atomic mass is 9.81. The van der Waals surface area contributed by atoms with E-state index < -0.39 is 24.3 Å². The molecule has 6 heteroatoms. The van der Waals surface area contributed by atoms with Gasteiger partial charge in [-0.05, 0) is 113 Å². The highest BCUT2D eigenvalue weighted by molar-refractivity contribution is 5.75. The minimum atomic E-state index is -1.49. The van der Waals surface area contributed by atoms with Gasteiger partial charge in [-0.15, -0.1) is 0 Å². The van der Waals surface area contributed by atoms with Gasteiger partial charge < -0.3 is 9.47 Å². The SMILES string of the molecule is CCCCC[C@H](F)C(=O)OC1CCC(CCc2ccc(C3CCC(OC(=O)[C@@H](F)CCCCC)CC3)cc2)CC1. The molecule has 0 N–H and O–H groups in total. The summed E-state index contributed by atoms with van der Waals surface area (Å²) in [5.41, 5.74) is 2.67. The maximum Gasteiger partial charge on any atom is 0.340 e. The summed E-state index contributed by atoms with van der Waals surface area (Å²) in [6.07, 6.45) is 12.1. The van der Waals surface area contributed by atoms with Crippen LogP contribution in [0.1, 0.15) is 140 Å². The molecule has 2 aliphatic carbocycles. The normalized spacial score (nSPS) is 24.7. The van der Waals surface area contributed by atoms with E-state index in [4.69, 9.17) is 9.47 Å². The summed E-state index contributed by atoms with van der Waals surface area (Å²) in [7, 11) is 0. The molecule has 2 fully saturated rings. The third kappa shape index (κ3) is 11.1. The standard InChI is InChI=1S/C34H52F2O4/c1-3-5-7-9-31(35)33(37)39-29-21-15-26(16-22-29)12-11-25-13-17-27(18-14-25)28-19-23-30(24-20-28)40-34(38)32(36)10-8-6-4-2/h13-14,17-18,26,28-32H,3-12,15-16,19-24H2,1-2H3/t26?,28?,29?,30?,31-,32-/m0/s1. The quantitative estimate of drug-likeness (QED) is 0.149. The van der Waals surface area contributed by atoms with Gasteiger partial charge in [0.05, 0.1) is 0 Å². The Hall–Kier alpha value is -1.98. The van der Waals surface area contributed by atoms with Crippen LogP contribution in [0, 0.1) is 5.92 Å². The van der Waals surface area contributed by atoms with Crippen LogP contribution in [-0.4, -0.2) is 36.5 Å². The monoisotopic (exact) mass is 562 g/mol. The fourth-order valence-corrected chi connectivity index (χ4v) is 6.24. The minimum Gasteiger partial charge on any atom is -0.460 e. The molecular formula is C34H52F2O4. The predicted octanol–water partition coefficient (Wildman–Crippen LogP) is 9.13. The molecule has 2 atom stereocenters. The summed E-state index contributed by atoms with van der Waals surface area (Å²) in [5.74, 6) is -0.262. The molecule has 0 heterocycles. The van der Waals surface area contributed by atoms with E-state index in [1.54, 1.807) is 0 Å². The van der Waals surface area contributed by atoms with Crippen molar-refractivity contribution in [3.8, 4) is 0 Å². The van der Waals surface area contributed by atoms with Gasteiger partial charge in [0.25, 0.3) is 0 Å². The Bertz CT molecular complexity index is 857. The molecule has 0 bridgehead atoms. The second-order valence-electron chi connectivity index (χ2n) is 12.2. The molecule has 226 valence electrons. The zero-order valence-electron chi connectivity index (χ0n) is 24.9. The van der Waals surface area contributed by atoms with E-state index in [-0.39, 0.29) is 25.0 Å². The Balaban J connectivity index is 1.31.